The van der Waals surface area contributed by atoms with Crippen molar-refractivity contribution in [2.45, 2.75) is 5.75 Å². The number of hydrogen-bond donors (Lipinski definition) is 2. The zero-order valence-electron chi connectivity index (χ0n) is 7.02. The molecule has 2 N–H and O–H groups in total. The Morgan fingerprint density at radius 2 is 2.36 bits per heavy atom. The van der Waals surface area contributed by atoms with E-state index in [1.54, 1.807) is 18.2 Å². The third-order valence-electron chi connectivity index (χ3n) is 1.77. The highest BCUT2D eigenvalue weighted by Crippen LogP contribution is 2.15. The van der Waals surface area contributed by atoms with E-state index in [1.165, 1.54) is 0 Å². The second-order valence-corrected chi connectivity index (χ2v) is 4.11. The van der Waals surface area contributed by atoms with Crippen LogP contribution < -0.4 is 0 Å². The Bertz CT molecular complexity index is 543. The monoisotopic (exact) mass is 229 g/mol. The molecule has 4 nitrogen and oxygen atoms in total. The molecule has 0 aliphatic heterocycles. The van der Waals surface area contributed by atoms with Crippen LogP contribution >= 0.6 is 12.2 Å². The van der Waals surface area contributed by atoms with Crippen molar-refractivity contribution in [3.63, 3.8) is 0 Å². The van der Waals surface area contributed by atoms with E-state index < -0.39 is 11.1 Å². The molecular formula is C8H7NO3S2. The first kappa shape index (κ1) is 9.57. The Kier molecular flexibility index (Phi) is 2.49. The molecule has 2 rings (SSSR count). The van der Waals surface area contributed by atoms with Crippen molar-refractivity contribution in [3.05, 3.63) is 28.6 Å². The van der Waals surface area contributed by atoms with Gasteiger partial charge >= 0.3 is 0 Å². The van der Waals surface area contributed by atoms with Gasteiger partial charge in [-0.2, -0.15) is 0 Å². The van der Waals surface area contributed by atoms with E-state index in [4.69, 9.17) is 21.2 Å². The lowest BCUT2D eigenvalue weighted by Gasteiger charge is -1.95. The summed E-state index contributed by atoms with van der Waals surface area (Å²) in [4.78, 5) is 3.15. The lowest BCUT2D eigenvalue weighted by atomic mass is 10.2. The van der Waals surface area contributed by atoms with Crippen LogP contribution in [0.2, 0.25) is 0 Å². The highest BCUT2D eigenvalue weighted by atomic mass is 32.2. The van der Waals surface area contributed by atoms with Crippen molar-refractivity contribution in [2.24, 2.45) is 0 Å². The van der Waals surface area contributed by atoms with E-state index in [0.717, 1.165) is 11.1 Å². The molecule has 0 bridgehead atoms. The molecule has 1 aromatic heterocycles. The standard InChI is InChI=1S/C8H7NO3S2/c10-14(11)4-5-1-2-7-6(3-5)9-8(13)12-7/h1-3H,4H2,(H,9,13)(H,10,11). The number of benzene rings is 1. The Morgan fingerprint density at radius 3 is 3.07 bits per heavy atom. The minimum atomic E-state index is -1.82. The minimum absolute atomic E-state index is 0.113. The topological polar surface area (TPSA) is 66.2 Å². The van der Waals surface area contributed by atoms with E-state index >= 15 is 0 Å². The summed E-state index contributed by atoms with van der Waals surface area (Å²) in [7, 11) is 0. The zero-order valence-corrected chi connectivity index (χ0v) is 8.65. The van der Waals surface area contributed by atoms with Crippen molar-refractivity contribution in [1.82, 2.24) is 4.98 Å². The van der Waals surface area contributed by atoms with Crippen LogP contribution in [0.4, 0.5) is 0 Å². The summed E-state index contributed by atoms with van der Waals surface area (Å²) < 4.78 is 24.4. The molecule has 1 heterocycles. The summed E-state index contributed by atoms with van der Waals surface area (Å²) in [6, 6.07) is 5.22. The first-order chi connectivity index (χ1) is 6.65. The molecule has 0 radical (unpaired) electrons. The van der Waals surface area contributed by atoms with Crippen molar-refractivity contribution in [3.8, 4) is 0 Å². The van der Waals surface area contributed by atoms with Gasteiger partial charge in [0.15, 0.2) is 16.7 Å². The largest absolute Gasteiger partial charge is 0.429 e. The fraction of sp³-hybridized carbons (Fsp3) is 0.125. The van der Waals surface area contributed by atoms with Gasteiger partial charge in [0.1, 0.15) is 0 Å². The van der Waals surface area contributed by atoms with E-state index in [1.807, 2.05) is 0 Å². The average molecular weight is 229 g/mol. The number of aromatic nitrogens is 1. The minimum Gasteiger partial charge on any atom is -0.429 e. The molecule has 0 amide bonds. The van der Waals surface area contributed by atoms with Gasteiger partial charge in [-0.1, -0.05) is 6.07 Å². The molecule has 74 valence electrons. The van der Waals surface area contributed by atoms with Crippen LogP contribution in [-0.4, -0.2) is 13.7 Å². The zero-order chi connectivity index (χ0) is 10.1. The molecule has 0 aliphatic rings. The molecule has 1 aromatic carbocycles. The third-order valence-corrected chi connectivity index (χ3v) is 2.54. The molecule has 6 heteroatoms. The van der Waals surface area contributed by atoms with Crippen LogP contribution in [0.15, 0.2) is 22.6 Å². The first-order valence-electron chi connectivity index (χ1n) is 3.84. The number of nitrogens with one attached hydrogen (secondary N) is 1. The maximum atomic E-state index is 10.6. The fourth-order valence-corrected chi connectivity index (χ4v) is 1.90. The van der Waals surface area contributed by atoms with Gasteiger partial charge in [0.05, 0.1) is 11.3 Å². The van der Waals surface area contributed by atoms with Crippen molar-refractivity contribution in [2.75, 3.05) is 0 Å². The van der Waals surface area contributed by atoms with Crippen molar-refractivity contribution < 1.29 is 13.2 Å². The van der Waals surface area contributed by atoms with Gasteiger partial charge in [0.2, 0.25) is 0 Å². The van der Waals surface area contributed by atoms with Crippen LogP contribution in [-0.2, 0) is 16.8 Å². The van der Waals surface area contributed by atoms with Crippen molar-refractivity contribution >= 4 is 34.4 Å². The molecule has 0 saturated carbocycles. The summed E-state index contributed by atoms with van der Waals surface area (Å²) >= 11 is 2.99. The number of H-pyrrole nitrogens is 1. The van der Waals surface area contributed by atoms with Gasteiger partial charge in [-0.15, -0.1) is 0 Å². The number of fused-ring (bicyclic) bond motifs is 1. The van der Waals surface area contributed by atoms with Crippen LogP contribution in [0.25, 0.3) is 11.1 Å². The van der Waals surface area contributed by atoms with Crippen LogP contribution in [0.3, 0.4) is 0 Å². The van der Waals surface area contributed by atoms with Gasteiger partial charge in [-0.3, -0.25) is 0 Å². The predicted molar refractivity (Wildman–Crippen MR) is 55.9 cm³/mol. The normalized spacial score (nSPS) is 13.2. The summed E-state index contributed by atoms with van der Waals surface area (Å²) in [6.07, 6.45) is 0. The van der Waals surface area contributed by atoms with Gasteiger partial charge in [0.25, 0.3) is 4.84 Å². The number of aromatic amines is 1. The van der Waals surface area contributed by atoms with Crippen LogP contribution in [0.1, 0.15) is 5.56 Å². The average Bonchev–Trinajstić information content (AvgIpc) is 2.42. The van der Waals surface area contributed by atoms with E-state index in [-0.39, 0.29) is 5.75 Å². The third kappa shape index (κ3) is 1.92. The Morgan fingerprint density at radius 1 is 1.57 bits per heavy atom. The van der Waals surface area contributed by atoms with Gasteiger partial charge < -0.3 is 14.0 Å². The molecule has 0 fully saturated rings. The maximum Gasteiger partial charge on any atom is 0.266 e. The molecule has 0 aliphatic carbocycles. The van der Waals surface area contributed by atoms with E-state index in [2.05, 4.69) is 4.98 Å². The Hall–Kier alpha value is -0.980. The molecule has 2 aromatic rings. The number of oxazole rings is 1. The quantitative estimate of drug-likeness (QED) is 0.612. The van der Waals surface area contributed by atoms with Gasteiger partial charge in [0, 0.05) is 0 Å². The second-order valence-electron chi connectivity index (χ2n) is 2.81. The summed E-state index contributed by atoms with van der Waals surface area (Å²) in [6.45, 7) is 0. The lowest BCUT2D eigenvalue weighted by Crippen LogP contribution is -1.92. The lowest BCUT2D eigenvalue weighted by molar-refractivity contribution is 0.563. The molecular weight excluding hydrogens is 222 g/mol. The number of hydrogen-bond acceptors (Lipinski definition) is 3. The summed E-state index contributed by atoms with van der Waals surface area (Å²) in [5.41, 5.74) is 2.17. The van der Waals surface area contributed by atoms with E-state index in [9.17, 15) is 4.21 Å². The molecule has 0 spiro atoms. The summed E-state index contributed by atoms with van der Waals surface area (Å²) in [5, 5.41) is 0. The molecule has 0 saturated heterocycles. The highest BCUT2D eigenvalue weighted by Gasteiger charge is 2.02. The van der Waals surface area contributed by atoms with Gasteiger partial charge in [-0.05, 0) is 29.9 Å². The highest BCUT2D eigenvalue weighted by molar-refractivity contribution is 7.78. The first-order valence-corrected chi connectivity index (χ1v) is 5.53. The van der Waals surface area contributed by atoms with Crippen molar-refractivity contribution in [1.29, 1.82) is 0 Å². The molecule has 1 atom stereocenters. The SMILES string of the molecule is O=S(O)Cc1ccc2oc(=S)[nH]c2c1. The van der Waals surface area contributed by atoms with Crippen LogP contribution in [0, 0.1) is 4.84 Å². The molecule has 1 unspecified atom stereocenters. The van der Waals surface area contributed by atoms with Gasteiger partial charge in [-0.25, -0.2) is 4.21 Å². The summed E-state index contributed by atoms with van der Waals surface area (Å²) in [5.74, 6) is 0.113. The van der Waals surface area contributed by atoms with Crippen LogP contribution in [0.5, 0.6) is 0 Å². The maximum absolute atomic E-state index is 10.6. The Balaban J connectivity index is 2.50. The predicted octanol–water partition coefficient (Wildman–Crippen LogP) is 2.21. The number of rotatable bonds is 2. The second kappa shape index (κ2) is 3.64. The fourth-order valence-electron chi connectivity index (χ4n) is 1.23. The molecule has 14 heavy (non-hydrogen) atoms. The Labute approximate surface area is 87.2 Å². The smallest absolute Gasteiger partial charge is 0.266 e. The van der Waals surface area contributed by atoms with E-state index in [0.29, 0.717) is 10.4 Å².